The van der Waals surface area contributed by atoms with Gasteiger partial charge in [-0.05, 0) is 65.2 Å². The van der Waals surface area contributed by atoms with E-state index in [2.05, 4.69) is 15.9 Å². The van der Waals surface area contributed by atoms with Crippen LogP contribution in [0.3, 0.4) is 0 Å². The lowest BCUT2D eigenvalue weighted by atomic mass is 9.97. The summed E-state index contributed by atoms with van der Waals surface area (Å²) >= 11 is 9.14. The van der Waals surface area contributed by atoms with E-state index < -0.39 is 5.82 Å². The Bertz CT molecular complexity index is 644. The normalized spacial score (nSPS) is 10.6. The van der Waals surface area contributed by atoms with Gasteiger partial charge in [0.15, 0.2) is 5.78 Å². The minimum Gasteiger partial charge on any atom is -0.288 e. The zero-order valence-corrected chi connectivity index (χ0v) is 12.8. The van der Waals surface area contributed by atoms with E-state index in [4.69, 9.17) is 11.6 Å². The van der Waals surface area contributed by atoms with E-state index in [9.17, 15) is 9.18 Å². The third-order valence-electron chi connectivity index (χ3n) is 2.84. The first-order valence-corrected chi connectivity index (χ1v) is 6.83. The first-order valence-electron chi connectivity index (χ1n) is 5.66. The predicted octanol–water partition coefficient (Wildman–Crippen LogP) is 5.09. The number of rotatable bonds is 2. The molecule has 19 heavy (non-hydrogen) atoms. The van der Waals surface area contributed by atoms with Gasteiger partial charge in [0.2, 0.25) is 0 Å². The van der Waals surface area contributed by atoms with E-state index in [1.54, 1.807) is 38.1 Å². The van der Waals surface area contributed by atoms with Crippen molar-refractivity contribution < 1.29 is 9.18 Å². The zero-order chi connectivity index (χ0) is 14.2. The maximum atomic E-state index is 14.0. The summed E-state index contributed by atoms with van der Waals surface area (Å²) in [7, 11) is 0. The molecule has 0 amide bonds. The van der Waals surface area contributed by atoms with E-state index in [0.717, 1.165) is 5.56 Å². The average molecular weight is 342 g/mol. The lowest BCUT2D eigenvalue weighted by Gasteiger charge is -2.08. The van der Waals surface area contributed by atoms with Gasteiger partial charge in [0, 0.05) is 10.0 Å². The molecule has 0 atom stereocenters. The van der Waals surface area contributed by atoms with Gasteiger partial charge in [-0.1, -0.05) is 17.7 Å². The highest BCUT2D eigenvalue weighted by atomic mass is 79.9. The third kappa shape index (κ3) is 2.88. The van der Waals surface area contributed by atoms with E-state index in [0.29, 0.717) is 20.6 Å². The SMILES string of the molecule is Cc1cc(C)c(C(=O)c2ccc(Cl)c(Br)c2)c(F)c1. The largest absolute Gasteiger partial charge is 0.288 e. The van der Waals surface area contributed by atoms with Crippen LogP contribution in [0.5, 0.6) is 0 Å². The third-order valence-corrected chi connectivity index (χ3v) is 4.05. The number of halogens is 3. The van der Waals surface area contributed by atoms with Crippen LogP contribution < -0.4 is 0 Å². The van der Waals surface area contributed by atoms with Crippen molar-refractivity contribution in [3.63, 3.8) is 0 Å². The molecule has 2 rings (SSSR count). The van der Waals surface area contributed by atoms with Gasteiger partial charge in [-0.15, -0.1) is 0 Å². The monoisotopic (exact) mass is 340 g/mol. The van der Waals surface area contributed by atoms with E-state index in [1.165, 1.54) is 6.07 Å². The lowest BCUT2D eigenvalue weighted by molar-refractivity contribution is 0.103. The Morgan fingerprint density at radius 1 is 1.21 bits per heavy atom. The second kappa shape index (κ2) is 5.43. The second-order valence-electron chi connectivity index (χ2n) is 4.40. The molecule has 0 aliphatic heterocycles. The molecule has 0 radical (unpaired) electrons. The van der Waals surface area contributed by atoms with Crippen LogP contribution in [0, 0.1) is 19.7 Å². The van der Waals surface area contributed by atoms with Crippen LogP contribution in [0.4, 0.5) is 4.39 Å². The standard InChI is InChI=1S/C15H11BrClFO/c1-8-5-9(2)14(13(18)6-8)15(19)10-3-4-12(17)11(16)7-10/h3-7H,1-2H3. The molecule has 0 spiro atoms. The maximum absolute atomic E-state index is 14.0. The molecule has 1 nitrogen and oxygen atoms in total. The van der Waals surface area contributed by atoms with Crippen LogP contribution in [-0.2, 0) is 0 Å². The average Bonchev–Trinajstić information content (AvgIpc) is 2.31. The van der Waals surface area contributed by atoms with Gasteiger partial charge < -0.3 is 0 Å². The molecule has 0 saturated heterocycles. The summed E-state index contributed by atoms with van der Waals surface area (Å²) in [5.74, 6) is -0.832. The van der Waals surface area contributed by atoms with Crippen LogP contribution in [0.2, 0.25) is 5.02 Å². The Morgan fingerprint density at radius 2 is 1.89 bits per heavy atom. The van der Waals surface area contributed by atoms with Crippen molar-refractivity contribution in [1.29, 1.82) is 0 Å². The van der Waals surface area contributed by atoms with Crippen LogP contribution in [-0.4, -0.2) is 5.78 Å². The number of hydrogen-bond acceptors (Lipinski definition) is 1. The van der Waals surface area contributed by atoms with Crippen molar-refractivity contribution in [2.24, 2.45) is 0 Å². The van der Waals surface area contributed by atoms with Crippen LogP contribution in [0.25, 0.3) is 0 Å². The summed E-state index contributed by atoms with van der Waals surface area (Å²) in [4.78, 5) is 12.4. The minimum atomic E-state index is -0.492. The summed E-state index contributed by atoms with van der Waals surface area (Å²) in [5.41, 5.74) is 1.94. The van der Waals surface area contributed by atoms with Crippen LogP contribution in [0.15, 0.2) is 34.8 Å². The van der Waals surface area contributed by atoms with E-state index in [-0.39, 0.29) is 11.3 Å². The smallest absolute Gasteiger partial charge is 0.196 e. The Morgan fingerprint density at radius 3 is 2.47 bits per heavy atom. The quantitative estimate of drug-likeness (QED) is 0.695. The summed E-state index contributed by atoms with van der Waals surface area (Å²) < 4.78 is 14.6. The molecule has 0 aliphatic rings. The molecule has 0 fully saturated rings. The van der Waals surface area contributed by atoms with Crippen molar-refractivity contribution in [2.75, 3.05) is 0 Å². The maximum Gasteiger partial charge on any atom is 0.196 e. The number of ketones is 1. The molecular weight excluding hydrogens is 331 g/mol. The summed E-state index contributed by atoms with van der Waals surface area (Å²) in [6.07, 6.45) is 0. The van der Waals surface area contributed by atoms with Gasteiger partial charge >= 0.3 is 0 Å². The highest BCUT2D eigenvalue weighted by Crippen LogP contribution is 2.26. The highest BCUT2D eigenvalue weighted by Gasteiger charge is 2.17. The molecule has 0 bridgehead atoms. The van der Waals surface area contributed by atoms with Crippen LogP contribution >= 0.6 is 27.5 Å². The molecule has 0 saturated carbocycles. The van der Waals surface area contributed by atoms with Crippen molar-refractivity contribution in [2.45, 2.75) is 13.8 Å². The fraction of sp³-hybridized carbons (Fsp3) is 0.133. The van der Waals surface area contributed by atoms with E-state index >= 15 is 0 Å². The summed E-state index contributed by atoms with van der Waals surface area (Å²) in [6.45, 7) is 3.53. The summed E-state index contributed by atoms with van der Waals surface area (Å²) in [5, 5.41) is 0.512. The van der Waals surface area contributed by atoms with E-state index in [1.807, 2.05) is 0 Å². The van der Waals surface area contributed by atoms with Gasteiger partial charge in [-0.25, -0.2) is 4.39 Å². The number of carbonyl (C=O) groups excluding carboxylic acids is 1. The summed E-state index contributed by atoms with van der Waals surface area (Å²) in [6, 6.07) is 7.96. The number of benzene rings is 2. The molecule has 0 N–H and O–H groups in total. The fourth-order valence-corrected chi connectivity index (χ4v) is 2.48. The Kier molecular flexibility index (Phi) is 4.07. The number of hydrogen-bond donors (Lipinski definition) is 0. The molecule has 98 valence electrons. The molecule has 2 aromatic carbocycles. The minimum absolute atomic E-state index is 0.111. The Labute approximate surface area is 124 Å². The van der Waals surface area contributed by atoms with Gasteiger partial charge in [-0.2, -0.15) is 0 Å². The highest BCUT2D eigenvalue weighted by molar-refractivity contribution is 9.10. The Hall–Kier alpha value is -1.19. The molecular formula is C15H11BrClFO. The molecule has 0 unspecified atom stereocenters. The van der Waals surface area contributed by atoms with Crippen molar-refractivity contribution in [3.05, 3.63) is 67.9 Å². The Balaban J connectivity index is 2.53. The first kappa shape index (κ1) is 14.2. The number of aryl methyl sites for hydroxylation is 2. The van der Waals surface area contributed by atoms with Gasteiger partial charge in [-0.3, -0.25) is 4.79 Å². The lowest BCUT2D eigenvalue weighted by Crippen LogP contribution is -2.07. The molecule has 2 aromatic rings. The van der Waals surface area contributed by atoms with Gasteiger partial charge in [0.1, 0.15) is 5.82 Å². The topological polar surface area (TPSA) is 17.1 Å². The van der Waals surface area contributed by atoms with Crippen molar-refractivity contribution in [1.82, 2.24) is 0 Å². The van der Waals surface area contributed by atoms with Gasteiger partial charge in [0.05, 0.1) is 10.6 Å². The molecule has 0 heterocycles. The molecule has 0 aliphatic carbocycles. The van der Waals surface area contributed by atoms with Gasteiger partial charge in [0.25, 0.3) is 0 Å². The number of carbonyl (C=O) groups is 1. The predicted molar refractivity (Wildman–Crippen MR) is 78.5 cm³/mol. The molecule has 0 aromatic heterocycles. The fourth-order valence-electron chi connectivity index (χ4n) is 1.98. The first-order chi connectivity index (χ1) is 8.90. The zero-order valence-electron chi connectivity index (χ0n) is 10.4. The second-order valence-corrected chi connectivity index (χ2v) is 5.66. The molecule has 4 heteroatoms. The van der Waals surface area contributed by atoms with Crippen LogP contribution in [0.1, 0.15) is 27.0 Å². The van der Waals surface area contributed by atoms with Crippen molar-refractivity contribution in [3.8, 4) is 0 Å². The van der Waals surface area contributed by atoms with Crippen molar-refractivity contribution >= 4 is 33.3 Å².